The number of aromatic nitrogens is 1. The second-order valence-corrected chi connectivity index (χ2v) is 4.89. The molecule has 0 spiro atoms. The molecule has 92 valence electrons. The standard InChI is InChI=1S/C14H13BrN2O/c15-13-6-2-1-4-10(13)8-12(18)9-11-5-3-7-17-14(11)16/h1-7H,8-9H2,(H2,16,17). The van der Waals surface area contributed by atoms with Gasteiger partial charge in [0.1, 0.15) is 11.6 Å². The summed E-state index contributed by atoms with van der Waals surface area (Å²) >= 11 is 3.44. The van der Waals surface area contributed by atoms with Gasteiger partial charge in [0.15, 0.2) is 0 Å². The summed E-state index contributed by atoms with van der Waals surface area (Å²) in [5.41, 5.74) is 7.50. The van der Waals surface area contributed by atoms with Crippen LogP contribution >= 0.6 is 15.9 Å². The van der Waals surface area contributed by atoms with E-state index in [0.717, 1.165) is 15.6 Å². The van der Waals surface area contributed by atoms with Crippen LogP contribution < -0.4 is 5.73 Å². The van der Waals surface area contributed by atoms with Crippen LogP contribution in [0.15, 0.2) is 47.1 Å². The van der Waals surface area contributed by atoms with Crippen molar-refractivity contribution in [1.82, 2.24) is 4.98 Å². The Labute approximate surface area is 114 Å². The molecule has 4 heteroatoms. The predicted octanol–water partition coefficient (Wildman–Crippen LogP) is 2.78. The average molecular weight is 305 g/mol. The third kappa shape index (κ3) is 3.17. The van der Waals surface area contributed by atoms with E-state index in [9.17, 15) is 4.79 Å². The molecule has 1 aromatic carbocycles. The molecule has 0 amide bonds. The summed E-state index contributed by atoms with van der Waals surface area (Å²) in [7, 11) is 0. The topological polar surface area (TPSA) is 56.0 Å². The number of hydrogen-bond acceptors (Lipinski definition) is 3. The van der Waals surface area contributed by atoms with E-state index in [-0.39, 0.29) is 5.78 Å². The normalized spacial score (nSPS) is 10.3. The van der Waals surface area contributed by atoms with Crippen LogP contribution in [0.2, 0.25) is 0 Å². The van der Waals surface area contributed by atoms with Gasteiger partial charge in [0.05, 0.1) is 0 Å². The number of pyridine rings is 1. The number of anilines is 1. The number of nitrogens with zero attached hydrogens (tertiary/aromatic N) is 1. The van der Waals surface area contributed by atoms with Gasteiger partial charge in [-0.2, -0.15) is 0 Å². The number of benzene rings is 1. The lowest BCUT2D eigenvalue weighted by Crippen LogP contribution is -2.09. The molecular weight excluding hydrogens is 292 g/mol. The van der Waals surface area contributed by atoms with Crippen LogP contribution in [0.4, 0.5) is 5.82 Å². The number of hydrogen-bond donors (Lipinski definition) is 1. The summed E-state index contributed by atoms with van der Waals surface area (Å²) in [6, 6.07) is 11.3. The summed E-state index contributed by atoms with van der Waals surface area (Å²) in [6.45, 7) is 0. The minimum Gasteiger partial charge on any atom is -0.383 e. The molecule has 0 aliphatic rings. The zero-order chi connectivity index (χ0) is 13.0. The van der Waals surface area contributed by atoms with E-state index in [1.54, 1.807) is 12.3 Å². The maximum Gasteiger partial charge on any atom is 0.141 e. The molecule has 0 fully saturated rings. The average Bonchev–Trinajstić information content (AvgIpc) is 2.35. The molecule has 0 radical (unpaired) electrons. The minimum atomic E-state index is 0.126. The summed E-state index contributed by atoms with van der Waals surface area (Å²) in [4.78, 5) is 16.0. The van der Waals surface area contributed by atoms with Crippen molar-refractivity contribution in [2.45, 2.75) is 12.8 Å². The first-order chi connectivity index (χ1) is 8.66. The van der Waals surface area contributed by atoms with Gasteiger partial charge in [-0.1, -0.05) is 40.2 Å². The fourth-order valence-electron chi connectivity index (χ4n) is 1.73. The number of halogens is 1. The van der Waals surface area contributed by atoms with Crippen molar-refractivity contribution in [3.05, 3.63) is 58.2 Å². The molecule has 1 aromatic heterocycles. The Hall–Kier alpha value is -1.68. The highest BCUT2D eigenvalue weighted by Gasteiger charge is 2.09. The number of carbonyl (C=O) groups is 1. The van der Waals surface area contributed by atoms with Crippen LogP contribution in [-0.2, 0) is 17.6 Å². The Kier molecular flexibility index (Phi) is 4.10. The number of nitrogens with two attached hydrogens (primary N) is 1. The molecule has 2 aromatic rings. The van der Waals surface area contributed by atoms with Crippen molar-refractivity contribution in [1.29, 1.82) is 0 Å². The van der Waals surface area contributed by atoms with E-state index >= 15 is 0 Å². The SMILES string of the molecule is Nc1ncccc1CC(=O)Cc1ccccc1Br. The summed E-state index contributed by atoms with van der Waals surface area (Å²) in [5, 5.41) is 0. The van der Waals surface area contributed by atoms with Gasteiger partial charge in [-0.25, -0.2) is 4.98 Å². The van der Waals surface area contributed by atoms with Gasteiger partial charge in [0.2, 0.25) is 0 Å². The molecule has 2 N–H and O–H groups in total. The van der Waals surface area contributed by atoms with E-state index in [1.807, 2.05) is 30.3 Å². The molecule has 0 atom stereocenters. The Balaban J connectivity index is 2.06. The van der Waals surface area contributed by atoms with Crippen molar-refractivity contribution in [3.8, 4) is 0 Å². The highest BCUT2D eigenvalue weighted by molar-refractivity contribution is 9.10. The molecule has 2 rings (SSSR count). The third-order valence-corrected chi connectivity index (χ3v) is 3.43. The quantitative estimate of drug-likeness (QED) is 0.945. The molecule has 0 bridgehead atoms. The molecule has 0 aliphatic carbocycles. The van der Waals surface area contributed by atoms with Crippen LogP contribution in [-0.4, -0.2) is 10.8 Å². The molecule has 0 saturated carbocycles. The maximum absolute atomic E-state index is 12.0. The zero-order valence-electron chi connectivity index (χ0n) is 9.77. The Morgan fingerprint density at radius 3 is 2.50 bits per heavy atom. The van der Waals surface area contributed by atoms with Gasteiger partial charge in [0.25, 0.3) is 0 Å². The fourth-order valence-corrected chi connectivity index (χ4v) is 2.15. The smallest absolute Gasteiger partial charge is 0.141 e. The van der Waals surface area contributed by atoms with E-state index in [2.05, 4.69) is 20.9 Å². The number of nitrogen functional groups attached to an aromatic ring is 1. The highest BCUT2D eigenvalue weighted by atomic mass is 79.9. The van der Waals surface area contributed by atoms with E-state index in [0.29, 0.717) is 18.7 Å². The molecule has 1 heterocycles. The van der Waals surface area contributed by atoms with E-state index < -0.39 is 0 Å². The molecular formula is C14H13BrN2O. The summed E-state index contributed by atoms with van der Waals surface area (Å²) in [6.07, 6.45) is 2.34. The second kappa shape index (κ2) is 5.78. The third-order valence-electron chi connectivity index (χ3n) is 2.66. The lowest BCUT2D eigenvalue weighted by Gasteiger charge is -2.05. The molecule has 0 aliphatic heterocycles. The molecule has 0 saturated heterocycles. The van der Waals surface area contributed by atoms with E-state index in [1.165, 1.54) is 0 Å². The number of ketones is 1. The van der Waals surface area contributed by atoms with Crippen molar-refractivity contribution in [2.24, 2.45) is 0 Å². The summed E-state index contributed by atoms with van der Waals surface area (Å²) in [5.74, 6) is 0.555. The van der Waals surface area contributed by atoms with Crippen LogP contribution in [0, 0.1) is 0 Å². The fraction of sp³-hybridized carbons (Fsp3) is 0.143. The number of carbonyl (C=O) groups excluding carboxylic acids is 1. The Bertz CT molecular complexity index is 520. The second-order valence-electron chi connectivity index (χ2n) is 4.03. The first kappa shape index (κ1) is 12.8. The van der Waals surface area contributed by atoms with Gasteiger partial charge in [0, 0.05) is 29.1 Å². The maximum atomic E-state index is 12.0. The zero-order valence-corrected chi connectivity index (χ0v) is 11.4. The Morgan fingerprint density at radius 1 is 1.11 bits per heavy atom. The molecule has 18 heavy (non-hydrogen) atoms. The monoisotopic (exact) mass is 304 g/mol. The van der Waals surface area contributed by atoms with Gasteiger partial charge in [-0.15, -0.1) is 0 Å². The van der Waals surface area contributed by atoms with Crippen LogP contribution in [0.1, 0.15) is 11.1 Å². The van der Waals surface area contributed by atoms with Crippen LogP contribution in [0.5, 0.6) is 0 Å². The number of Topliss-reactive ketones (excluding diaryl/α,β-unsaturated/α-hetero) is 1. The first-order valence-corrected chi connectivity index (χ1v) is 6.40. The van der Waals surface area contributed by atoms with Gasteiger partial charge < -0.3 is 5.73 Å². The van der Waals surface area contributed by atoms with Gasteiger partial charge >= 0.3 is 0 Å². The highest BCUT2D eigenvalue weighted by Crippen LogP contribution is 2.17. The van der Waals surface area contributed by atoms with E-state index in [4.69, 9.17) is 5.73 Å². The van der Waals surface area contributed by atoms with Gasteiger partial charge in [-0.3, -0.25) is 4.79 Å². The van der Waals surface area contributed by atoms with Crippen LogP contribution in [0.3, 0.4) is 0 Å². The minimum absolute atomic E-state index is 0.126. The van der Waals surface area contributed by atoms with Crippen molar-refractivity contribution in [2.75, 3.05) is 5.73 Å². The van der Waals surface area contributed by atoms with Crippen molar-refractivity contribution in [3.63, 3.8) is 0 Å². The lowest BCUT2D eigenvalue weighted by atomic mass is 10.0. The van der Waals surface area contributed by atoms with Crippen molar-refractivity contribution >= 4 is 27.5 Å². The predicted molar refractivity (Wildman–Crippen MR) is 75.2 cm³/mol. The molecule has 0 unspecified atom stereocenters. The first-order valence-electron chi connectivity index (χ1n) is 5.61. The largest absolute Gasteiger partial charge is 0.383 e. The van der Waals surface area contributed by atoms with Crippen molar-refractivity contribution < 1.29 is 4.79 Å². The Morgan fingerprint density at radius 2 is 1.78 bits per heavy atom. The lowest BCUT2D eigenvalue weighted by molar-refractivity contribution is -0.117. The van der Waals surface area contributed by atoms with Gasteiger partial charge in [-0.05, 0) is 17.7 Å². The summed E-state index contributed by atoms with van der Waals surface area (Å²) < 4.78 is 0.956. The number of rotatable bonds is 4. The van der Waals surface area contributed by atoms with Crippen LogP contribution in [0.25, 0.3) is 0 Å². The molecule has 3 nitrogen and oxygen atoms in total.